The molecule has 1 fully saturated rings. The van der Waals surface area contributed by atoms with Crippen LogP contribution in [0.15, 0.2) is 36.9 Å². The number of hydrogen-bond donors (Lipinski definition) is 2. The fourth-order valence-electron chi connectivity index (χ4n) is 3.11. The number of nitrogens with one attached hydrogen (secondary N) is 1. The molecule has 2 atom stereocenters. The molecular weight excluding hydrogens is 364 g/mol. The molecule has 4 rings (SSSR count). The number of nitrogens with zero attached hydrogens (tertiary/aromatic N) is 4. The molecule has 27 heavy (non-hydrogen) atoms. The van der Waals surface area contributed by atoms with Gasteiger partial charge in [0.05, 0.1) is 31.3 Å². The fraction of sp³-hybridized carbons (Fsp3) is 0.278. The van der Waals surface area contributed by atoms with Gasteiger partial charge in [-0.25, -0.2) is 15.0 Å². The molecule has 0 amide bonds. The van der Waals surface area contributed by atoms with Crippen molar-refractivity contribution in [3.05, 3.63) is 42.5 Å². The highest BCUT2D eigenvalue weighted by molar-refractivity contribution is 7.92. The number of rotatable bonds is 6. The van der Waals surface area contributed by atoms with Crippen molar-refractivity contribution in [3.63, 3.8) is 0 Å². The molecule has 138 valence electrons. The first-order valence-corrected chi connectivity index (χ1v) is 9.24. The second kappa shape index (κ2) is 7.94. The van der Waals surface area contributed by atoms with Gasteiger partial charge in [-0.3, -0.25) is 13.9 Å². The Kier molecular flexibility index (Phi) is 5.22. The zero-order valence-corrected chi connectivity index (χ0v) is 15.2. The highest BCUT2D eigenvalue weighted by Gasteiger charge is 2.28. The smallest absolute Gasteiger partial charge is 0.167 e. The van der Waals surface area contributed by atoms with Crippen LogP contribution >= 0.6 is 12.2 Å². The summed E-state index contributed by atoms with van der Waals surface area (Å²) in [6, 6.07) is 7.57. The molecule has 1 aliphatic heterocycles. The second-order valence-electron chi connectivity index (χ2n) is 6.07. The van der Waals surface area contributed by atoms with Gasteiger partial charge in [-0.2, -0.15) is 0 Å². The normalized spacial score (nSPS) is 19.3. The van der Waals surface area contributed by atoms with E-state index < -0.39 is 0 Å². The summed E-state index contributed by atoms with van der Waals surface area (Å²) in [5.41, 5.74) is 3.01. The Hall–Kier alpha value is -2.64. The monoisotopic (exact) mass is 382 g/mol. The van der Waals surface area contributed by atoms with Crippen molar-refractivity contribution < 1.29 is 8.92 Å². The van der Waals surface area contributed by atoms with E-state index in [0.717, 1.165) is 36.3 Å². The van der Waals surface area contributed by atoms with Crippen LogP contribution in [-0.4, -0.2) is 32.2 Å². The van der Waals surface area contributed by atoms with Crippen molar-refractivity contribution in [2.24, 2.45) is 5.14 Å². The Labute approximate surface area is 160 Å². The van der Waals surface area contributed by atoms with Crippen molar-refractivity contribution in [1.29, 1.82) is 0 Å². The van der Waals surface area contributed by atoms with Gasteiger partial charge in [-0.15, -0.1) is 6.42 Å². The molecule has 0 spiro atoms. The van der Waals surface area contributed by atoms with Crippen molar-refractivity contribution in [1.82, 2.24) is 19.5 Å². The van der Waals surface area contributed by atoms with E-state index in [4.69, 9.17) is 20.5 Å². The molecule has 8 nitrogen and oxygen atoms in total. The number of terminal acetylenes is 1. The molecule has 0 bridgehead atoms. The summed E-state index contributed by atoms with van der Waals surface area (Å²) in [6.45, 7) is 0.456. The van der Waals surface area contributed by atoms with Crippen molar-refractivity contribution in [3.8, 4) is 12.3 Å². The van der Waals surface area contributed by atoms with Gasteiger partial charge in [0.25, 0.3) is 0 Å². The minimum absolute atomic E-state index is 0.00874. The van der Waals surface area contributed by atoms with Crippen LogP contribution in [0.1, 0.15) is 24.6 Å². The van der Waals surface area contributed by atoms with Crippen LogP contribution in [0.25, 0.3) is 11.2 Å². The predicted octanol–water partition coefficient (Wildman–Crippen LogP) is 2.77. The number of ether oxygens (including phenoxy) is 1. The second-order valence-corrected chi connectivity index (χ2v) is 6.50. The van der Waals surface area contributed by atoms with Crippen LogP contribution in [0.5, 0.6) is 0 Å². The van der Waals surface area contributed by atoms with E-state index in [1.54, 1.807) is 6.33 Å². The maximum atomic E-state index is 6.03. The lowest BCUT2D eigenvalue weighted by Crippen LogP contribution is -2.15. The Morgan fingerprint density at radius 1 is 1.37 bits per heavy atom. The van der Waals surface area contributed by atoms with Crippen LogP contribution in [0, 0.1) is 12.3 Å². The van der Waals surface area contributed by atoms with E-state index in [1.807, 2.05) is 28.8 Å². The standard InChI is InChI=1S/C18H18N6O2S/c1-2-12-4-3-5-13(8-12)23-17-16-18(21-10-20-17)24(11-22-16)15-7-6-14(26-15)9-25-27-19/h1,3-5,8,10-11,14-15H,6-7,9,19H2,(H,20,21,23). The minimum atomic E-state index is -0.140. The van der Waals surface area contributed by atoms with Crippen LogP contribution in [0.4, 0.5) is 11.5 Å². The maximum absolute atomic E-state index is 6.03. The lowest BCUT2D eigenvalue weighted by atomic mass is 10.2. The van der Waals surface area contributed by atoms with E-state index in [1.165, 1.54) is 6.33 Å². The number of fused-ring (bicyclic) bond motifs is 1. The first-order chi connectivity index (χ1) is 13.3. The van der Waals surface area contributed by atoms with Crippen LogP contribution < -0.4 is 10.5 Å². The molecular formula is C18H18N6O2S. The average molecular weight is 382 g/mol. The number of benzene rings is 1. The molecule has 2 aromatic heterocycles. The van der Waals surface area contributed by atoms with Crippen molar-refractivity contribution in [2.45, 2.75) is 25.2 Å². The molecule has 3 aromatic rings. The third kappa shape index (κ3) is 3.74. The summed E-state index contributed by atoms with van der Waals surface area (Å²) in [5, 5.41) is 8.56. The highest BCUT2D eigenvalue weighted by atomic mass is 32.2. The van der Waals surface area contributed by atoms with E-state index in [9.17, 15) is 0 Å². The van der Waals surface area contributed by atoms with E-state index in [-0.39, 0.29) is 12.3 Å². The van der Waals surface area contributed by atoms with E-state index >= 15 is 0 Å². The van der Waals surface area contributed by atoms with Gasteiger partial charge in [0.1, 0.15) is 12.6 Å². The van der Waals surface area contributed by atoms with E-state index in [0.29, 0.717) is 23.6 Å². The van der Waals surface area contributed by atoms with Crippen LogP contribution in [0.3, 0.4) is 0 Å². The fourth-order valence-corrected chi connectivity index (χ4v) is 3.34. The Balaban J connectivity index is 1.58. The molecule has 1 aromatic carbocycles. The molecule has 9 heteroatoms. The number of aromatic nitrogens is 4. The van der Waals surface area contributed by atoms with Gasteiger partial charge in [0.2, 0.25) is 0 Å². The minimum Gasteiger partial charge on any atom is -0.352 e. The SMILES string of the molecule is C#Cc1cccc(Nc2ncnc3c2ncn3C2CCC(COSN)O2)c1. The van der Waals surface area contributed by atoms with Gasteiger partial charge in [-0.05, 0) is 31.0 Å². The molecule has 3 N–H and O–H groups in total. The first-order valence-electron chi connectivity index (χ1n) is 8.43. The summed E-state index contributed by atoms with van der Waals surface area (Å²) in [5.74, 6) is 3.24. The summed E-state index contributed by atoms with van der Waals surface area (Å²) < 4.78 is 13.1. The third-order valence-corrected chi connectivity index (χ3v) is 4.64. The molecule has 0 saturated carbocycles. The number of anilines is 2. The quantitative estimate of drug-likeness (QED) is 0.381. The van der Waals surface area contributed by atoms with Gasteiger partial charge in [0.15, 0.2) is 17.0 Å². The third-order valence-electron chi connectivity index (χ3n) is 4.37. The Morgan fingerprint density at radius 3 is 3.15 bits per heavy atom. The molecule has 3 heterocycles. The van der Waals surface area contributed by atoms with Gasteiger partial charge < -0.3 is 10.1 Å². The van der Waals surface area contributed by atoms with Crippen LogP contribution in [0.2, 0.25) is 0 Å². The van der Waals surface area contributed by atoms with Gasteiger partial charge in [0, 0.05) is 11.3 Å². The number of nitrogens with two attached hydrogens (primary N) is 1. The lowest BCUT2D eigenvalue weighted by molar-refractivity contribution is -0.0128. The average Bonchev–Trinajstić information content (AvgIpc) is 3.33. The largest absolute Gasteiger partial charge is 0.352 e. The van der Waals surface area contributed by atoms with Gasteiger partial charge >= 0.3 is 0 Å². The van der Waals surface area contributed by atoms with Crippen LogP contribution in [-0.2, 0) is 8.92 Å². The van der Waals surface area contributed by atoms with Crippen molar-refractivity contribution in [2.75, 3.05) is 11.9 Å². The molecule has 0 radical (unpaired) electrons. The highest BCUT2D eigenvalue weighted by Crippen LogP contribution is 2.32. The maximum Gasteiger partial charge on any atom is 0.167 e. The molecule has 2 unspecified atom stereocenters. The topological polar surface area (TPSA) is 100 Å². The summed E-state index contributed by atoms with van der Waals surface area (Å²) in [6.07, 6.45) is 10.3. The first kappa shape index (κ1) is 17.8. The van der Waals surface area contributed by atoms with Crippen molar-refractivity contribution >= 4 is 34.9 Å². The molecule has 1 aliphatic rings. The zero-order valence-electron chi connectivity index (χ0n) is 14.4. The molecule has 1 saturated heterocycles. The number of imidazole rings is 1. The predicted molar refractivity (Wildman–Crippen MR) is 104 cm³/mol. The van der Waals surface area contributed by atoms with Gasteiger partial charge in [-0.1, -0.05) is 12.0 Å². The number of hydrogen-bond acceptors (Lipinski definition) is 8. The summed E-state index contributed by atoms with van der Waals surface area (Å²) >= 11 is 0.855. The Morgan fingerprint density at radius 2 is 2.30 bits per heavy atom. The lowest BCUT2D eigenvalue weighted by Gasteiger charge is -2.14. The summed E-state index contributed by atoms with van der Waals surface area (Å²) in [4.78, 5) is 13.2. The summed E-state index contributed by atoms with van der Waals surface area (Å²) in [7, 11) is 0. The molecule has 0 aliphatic carbocycles. The zero-order chi connectivity index (χ0) is 18.6. The van der Waals surface area contributed by atoms with E-state index in [2.05, 4.69) is 26.2 Å². The Bertz CT molecular complexity index is 985.